The van der Waals surface area contributed by atoms with Gasteiger partial charge in [0.1, 0.15) is 11.5 Å². The highest BCUT2D eigenvalue weighted by Crippen LogP contribution is 2.30. The number of alkyl halides is 3. The number of rotatable bonds is 2. The highest BCUT2D eigenvalue weighted by Gasteiger charge is 2.30. The van der Waals surface area contributed by atoms with E-state index in [0.29, 0.717) is 11.5 Å². The Kier molecular flexibility index (Phi) is 7.48. The van der Waals surface area contributed by atoms with Crippen molar-refractivity contribution in [2.24, 2.45) is 0 Å². The molecule has 1 N–H and O–H groups in total. The number of nitrogens with zero attached hydrogens (tertiary/aromatic N) is 1. The van der Waals surface area contributed by atoms with Crippen LogP contribution in [0.4, 0.5) is 13.2 Å². The van der Waals surface area contributed by atoms with Gasteiger partial charge in [0.15, 0.2) is 0 Å². The molecule has 0 unspecified atom stereocenters. The maximum Gasteiger partial charge on any atom is 0.417 e. The van der Waals surface area contributed by atoms with Crippen LogP contribution in [-0.2, 0) is 6.18 Å². The van der Waals surface area contributed by atoms with Crippen LogP contribution in [0.3, 0.4) is 0 Å². The molecule has 0 bridgehead atoms. The fourth-order valence-corrected chi connectivity index (χ4v) is 3.39. The lowest BCUT2D eigenvalue weighted by Crippen LogP contribution is -2.05. The molecule has 0 saturated heterocycles. The van der Waals surface area contributed by atoms with Crippen molar-refractivity contribution < 1.29 is 23.0 Å². The molecule has 0 aliphatic carbocycles. The van der Waals surface area contributed by atoms with Crippen LogP contribution in [0.25, 0.3) is 0 Å². The van der Waals surface area contributed by atoms with E-state index >= 15 is 0 Å². The molecule has 1 aromatic heterocycles. The number of hydrogen-bond acceptors (Lipinski definition) is 3. The van der Waals surface area contributed by atoms with Gasteiger partial charge in [0.05, 0.1) is 5.56 Å². The molecular weight excluding hydrogens is 503 g/mol. The van der Waals surface area contributed by atoms with Gasteiger partial charge in [-0.15, -0.1) is 0 Å². The molecule has 8 heteroatoms. The normalized spacial score (nSPS) is 10.8. The third kappa shape index (κ3) is 7.16. The molecule has 0 spiro atoms. The first-order valence-corrected chi connectivity index (χ1v) is 9.56. The first-order valence-electron chi connectivity index (χ1n) is 7.97. The lowest BCUT2D eigenvalue weighted by atomic mass is 10.2. The maximum absolute atomic E-state index is 12.4. The molecule has 148 valence electrons. The minimum Gasteiger partial charge on any atom is -0.508 e. The molecule has 0 atom stereocenters. The lowest BCUT2D eigenvalue weighted by Gasteiger charge is -2.08. The summed E-state index contributed by atoms with van der Waals surface area (Å²) in [5, 5.41) is 8.96. The molecule has 3 rings (SSSR count). The molecule has 0 aliphatic heterocycles. The van der Waals surface area contributed by atoms with E-state index in [0.717, 1.165) is 32.3 Å². The highest BCUT2D eigenvalue weighted by atomic mass is 79.9. The Hall–Kier alpha value is -2.06. The van der Waals surface area contributed by atoms with E-state index < -0.39 is 11.7 Å². The minimum atomic E-state index is -4.39. The molecule has 28 heavy (non-hydrogen) atoms. The average molecular weight is 519 g/mol. The molecule has 2 aromatic carbocycles. The van der Waals surface area contributed by atoms with Gasteiger partial charge < -0.3 is 9.84 Å². The zero-order chi connectivity index (χ0) is 20.9. The van der Waals surface area contributed by atoms with Crippen molar-refractivity contribution in [3.05, 3.63) is 80.4 Å². The Balaban J connectivity index is 0.000000261. The van der Waals surface area contributed by atoms with E-state index in [1.54, 1.807) is 24.3 Å². The second kappa shape index (κ2) is 9.43. The topological polar surface area (TPSA) is 42.4 Å². The zero-order valence-electron chi connectivity index (χ0n) is 14.9. The summed E-state index contributed by atoms with van der Waals surface area (Å²) in [6.07, 6.45) is -3.64. The summed E-state index contributed by atoms with van der Waals surface area (Å²) in [5.41, 5.74) is 1.23. The third-order valence-electron chi connectivity index (χ3n) is 3.33. The minimum absolute atomic E-state index is 0.116. The lowest BCUT2D eigenvalue weighted by molar-refractivity contribution is -0.137. The van der Waals surface area contributed by atoms with Crippen molar-refractivity contribution in [1.82, 2.24) is 4.98 Å². The average Bonchev–Trinajstić information content (AvgIpc) is 2.52. The van der Waals surface area contributed by atoms with Crippen LogP contribution in [0.1, 0.15) is 16.7 Å². The summed E-state index contributed by atoms with van der Waals surface area (Å²) >= 11 is 6.57. The number of aryl methyl sites for hydroxylation is 2. The van der Waals surface area contributed by atoms with Gasteiger partial charge in [0.25, 0.3) is 0 Å². The van der Waals surface area contributed by atoms with Crippen LogP contribution < -0.4 is 4.74 Å². The van der Waals surface area contributed by atoms with Crippen molar-refractivity contribution in [3.63, 3.8) is 0 Å². The van der Waals surface area contributed by atoms with Crippen LogP contribution >= 0.6 is 31.9 Å². The van der Waals surface area contributed by atoms with Gasteiger partial charge in [-0.1, -0.05) is 31.9 Å². The van der Waals surface area contributed by atoms with E-state index in [2.05, 4.69) is 36.8 Å². The SMILES string of the molecule is Cc1cc(Br)cc(Oc2ccc(C(F)(F)F)cn2)c1.Cc1cc(O)cc(Br)c1. The smallest absolute Gasteiger partial charge is 0.417 e. The molecule has 0 radical (unpaired) electrons. The number of benzene rings is 2. The van der Waals surface area contributed by atoms with Crippen molar-refractivity contribution in [2.45, 2.75) is 20.0 Å². The first kappa shape index (κ1) is 22.2. The van der Waals surface area contributed by atoms with Crippen LogP contribution in [0.15, 0.2) is 63.7 Å². The highest BCUT2D eigenvalue weighted by molar-refractivity contribution is 9.10. The second-order valence-electron chi connectivity index (χ2n) is 5.94. The Morgan fingerprint density at radius 2 is 1.50 bits per heavy atom. The Morgan fingerprint density at radius 3 is 1.96 bits per heavy atom. The summed E-state index contributed by atoms with van der Waals surface area (Å²) < 4.78 is 44.2. The summed E-state index contributed by atoms with van der Waals surface area (Å²) in [6, 6.07) is 12.8. The number of halogens is 5. The number of hydrogen-bond donors (Lipinski definition) is 1. The van der Waals surface area contributed by atoms with Crippen LogP contribution in [0, 0.1) is 13.8 Å². The molecular formula is C20H16Br2F3NO2. The third-order valence-corrected chi connectivity index (χ3v) is 4.24. The largest absolute Gasteiger partial charge is 0.508 e. The van der Waals surface area contributed by atoms with Gasteiger partial charge in [-0.2, -0.15) is 13.2 Å². The fraction of sp³-hybridized carbons (Fsp3) is 0.150. The molecule has 0 saturated carbocycles. The standard InChI is InChI=1S/C13H9BrF3NO.C7H7BrO/c1-8-4-10(14)6-11(5-8)19-12-3-2-9(7-18-12)13(15,16)17;1-5-2-6(8)4-7(9)3-5/h2-7H,1H3;2-4,9H,1H3. The predicted octanol–water partition coefficient (Wildman–Crippen LogP) is 7.43. The Bertz CT molecular complexity index is 874. The van der Waals surface area contributed by atoms with Crippen molar-refractivity contribution in [1.29, 1.82) is 0 Å². The first-order chi connectivity index (χ1) is 13.0. The van der Waals surface area contributed by atoms with Gasteiger partial charge >= 0.3 is 6.18 Å². The van der Waals surface area contributed by atoms with Crippen LogP contribution in [-0.4, -0.2) is 10.1 Å². The predicted molar refractivity (Wildman–Crippen MR) is 109 cm³/mol. The van der Waals surface area contributed by atoms with Crippen molar-refractivity contribution in [2.75, 3.05) is 0 Å². The summed E-state index contributed by atoms with van der Waals surface area (Å²) in [7, 11) is 0. The van der Waals surface area contributed by atoms with E-state index in [1.165, 1.54) is 6.07 Å². The van der Waals surface area contributed by atoms with Gasteiger partial charge in [-0.05, 0) is 67.4 Å². The van der Waals surface area contributed by atoms with E-state index in [-0.39, 0.29) is 5.88 Å². The molecule has 1 heterocycles. The monoisotopic (exact) mass is 517 g/mol. The molecule has 3 aromatic rings. The van der Waals surface area contributed by atoms with Gasteiger partial charge in [-0.25, -0.2) is 4.98 Å². The van der Waals surface area contributed by atoms with Crippen LogP contribution in [0.2, 0.25) is 0 Å². The number of ether oxygens (including phenoxy) is 1. The van der Waals surface area contributed by atoms with Crippen LogP contribution in [0.5, 0.6) is 17.4 Å². The second-order valence-corrected chi connectivity index (χ2v) is 7.77. The number of pyridine rings is 1. The summed E-state index contributed by atoms with van der Waals surface area (Å²) in [4.78, 5) is 3.64. The fourth-order valence-electron chi connectivity index (χ4n) is 2.21. The van der Waals surface area contributed by atoms with Crippen molar-refractivity contribution >= 4 is 31.9 Å². The van der Waals surface area contributed by atoms with E-state index in [1.807, 2.05) is 26.0 Å². The number of aromatic hydroxyl groups is 1. The summed E-state index contributed by atoms with van der Waals surface area (Å²) in [5.74, 6) is 0.937. The van der Waals surface area contributed by atoms with Gasteiger partial charge in [-0.3, -0.25) is 0 Å². The molecule has 0 fully saturated rings. The zero-order valence-corrected chi connectivity index (χ0v) is 18.1. The van der Waals surface area contributed by atoms with Crippen molar-refractivity contribution in [3.8, 4) is 17.4 Å². The maximum atomic E-state index is 12.4. The Morgan fingerprint density at radius 1 is 0.893 bits per heavy atom. The van der Waals surface area contributed by atoms with Gasteiger partial charge in [0.2, 0.25) is 5.88 Å². The van der Waals surface area contributed by atoms with E-state index in [4.69, 9.17) is 9.84 Å². The quantitative estimate of drug-likeness (QED) is 0.383. The van der Waals surface area contributed by atoms with E-state index in [9.17, 15) is 13.2 Å². The van der Waals surface area contributed by atoms with Gasteiger partial charge in [0, 0.05) is 21.2 Å². The number of phenols is 1. The summed E-state index contributed by atoms with van der Waals surface area (Å²) in [6.45, 7) is 3.82. The Labute approximate surface area is 177 Å². The number of aromatic nitrogens is 1. The molecule has 0 amide bonds. The number of phenolic OH excluding ortho intramolecular Hbond substituents is 1. The molecule has 0 aliphatic rings. The molecule has 3 nitrogen and oxygen atoms in total.